The zero-order valence-corrected chi connectivity index (χ0v) is 39.5. The third-order valence-electron chi connectivity index (χ3n) is 13.4. The van der Waals surface area contributed by atoms with Gasteiger partial charge in [0.1, 0.15) is 0 Å². The van der Waals surface area contributed by atoms with Crippen molar-refractivity contribution in [2.24, 2.45) is 0 Å². The minimum Gasteiger partial charge on any atom is -0.490 e. The van der Waals surface area contributed by atoms with Gasteiger partial charge in [-0.1, -0.05) is 205 Å². The van der Waals surface area contributed by atoms with E-state index in [9.17, 15) is 0 Å². The molecule has 0 fully saturated rings. The van der Waals surface area contributed by atoms with Gasteiger partial charge in [-0.25, -0.2) is 0 Å². The van der Waals surface area contributed by atoms with Gasteiger partial charge in [-0.15, -0.1) is 0 Å². The summed E-state index contributed by atoms with van der Waals surface area (Å²) in [6.45, 7) is 12.0. The number of rotatable bonds is 33. The molecule has 4 aromatic carbocycles. The molecule has 0 aliphatic heterocycles. The van der Waals surface area contributed by atoms with E-state index in [-0.39, 0.29) is 11.8 Å². The van der Waals surface area contributed by atoms with Crippen LogP contribution in [0, 0.1) is 0 Å². The van der Waals surface area contributed by atoms with E-state index in [1.165, 1.54) is 173 Å². The fourth-order valence-corrected chi connectivity index (χ4v) is 9.92. The van der Waals surface area contributed by atoms with E-state index in [2.05, 4.69) is 100 Å². The third-order valence-corrected chi connectivity index (χ3v) is 13.4. The number of hydrogen-bond donors (Lipinski definition) is 0. The second-order valence-corrected chi connectivity index (χ2v) is 18.4. The van der Waals surface area contributed by atoms with Gasteiger partial charge in [0, 0.05) is 11.8 Å². The summed E-state index contributed by atoms with van der Waals surface area (Å²) < 4.78 is 27.1. The highest BCUT2D eigenvalue weighted by Crippen LogP contribution is 2.61. The van der Waals surface area contributed by atoms with Crippen molar-refractivity contribution in [2.75, 3.05) is 26.4 Å². The molecule has 338 valence electrons. The first-order chi connectivity index (χ1) is 30.7. The van der Waals surface area contributed by atoms with Crippen LogP contribution in [0.15, 0.2) is 72.8 Å². The predicted octanol–water partition coefficient (Wildman–Crippen LogP) is 17.6. The fraction of sp³-hybridized carbons (Fsp3) is 0.586. The van der Waals surface area contributed by atoms with Crippen molar-refractivity contribution in [1.82, 2.24) is 0 Å². The molecule has 0 atom stereocenters. The van der Waals surface area contributed by atoms with Crippen molar-refractivity contribution in [1.29, 1.82) is 0 Å². The molecule has 0 bridgehead atoms. The molecule has 62 heavy (non-hydrogen) atoms. The lowest BCUT2D eigenvalue weighted by Crippen LogP contribution is -2.11. The van der Waals surface area contributed by atoms with Gasteiger partial charge in [-0.3, -0.25) is 0 Å². The molecule has 6 rings (SSSR count). The summed E-state index contributed by atoms with van der Waals surface area (Å²) in [5.74, 6) is 3.77. The van der Waals surface area contributed by atoms with E-state index in [1.807, 2.05) is 0 Å². The van der Waals surface area contributed by atoms with E-state index in [0.717, 1.165) is 48.7 Å². The molecule has 0 heterocycles. The minimum absolute atomic E-state index is 0.0813. The summed E-state index contributed by atoms with van der Waals surface area (Å²) in [6.07, 6.45) is 29.7. The molecule has 0 radical (unpaired) electrons. The Labute approximate surface area is 377 Å². The number of unbranched alkanes of at least 4 members (excludes halogenated alkanes) is 20. The van der Waals surface area contributed by atoms with Gasteiger partial charge in [0.2, 0.25) is 0 Å². The standard InChI is InChI=1S/C58H82O4/c1-5-9-13-17-21-29-37-59-53-41-49-50-42-54(60-38-30-22-18-14-10-6-2)56(62-40-32-24-20-16-12-8-4)44-52(50)58(51(49)43-55(53)61-39-31-23-19-15-11-7-3)57-47-35-27-25-33-45(47)46-34-26-28-36-48(46)57/h25-28,33-36,41-44,57-58H,5-24,29-32,37-40H2,1-4H3. The van der Waals surface area contributed by atoms with Crippen LogP contribution in [0.1, 0.15) is 216 Å². The summed E-state index contributed by atoms with van der Waals surface area (Å²) >= 11 is 0. The maximum Gasteiger partial charge on any atom is 0.161 e. The molecular formula is C58H82O4. The first-order valence-corrected chi connectivity index (χ1v) is 25.8. The average molecular weight is 843 g/mol. The lowest BCUT2D eigenvalue weighted by atomic mass is 9.78. The predicted molar refractivity (Wildman–Crippen MR) is 263 cm³/mol. The van der Waals surface area contributed by atoms with Crippen molar-refractivity contribution in [2.45, 2.75) is 194 Å². The van der Waals surface area contributed by atoms with Crippen LogP contribution in [0.2, 0.25) is 0 Å². The van der Waals surface area contributed by atoms with Gasteiger partial charge >= 0.3 is 0 Å². The maximum absolute atomic E-state index is 6.80. The molecular weight excluding hydrogens is 761 g/mol. The van der Waals surface area contributed by atoms with Crippen molar-refractivity contribution in [3.8, 4) is 45.3 Å². The van der Waals surface area contributed by atoms with E-state index in [4.69, 9.17) is 18.9 Å². The third kappa shape index (κ3) is 13.1. The Kier molecular flexibility index (Phi) is 20.4. The summed E-state index contributed by atoms with van der Waals surface area (Å²) in [4.78, 5) is 0. The van der Waals surface area contributed by atoms with E-state index < -0.39 is 0 Å². The molecule has 0 spiro atoms. The minimum atomic E-state index is 0.0813. The second kappa shape index (κ2) is 26.6. The summed E-state index contributed by atoms with van der Waals surface area (Å²) in [7, 11) is 0. The molecule has 0 N–H and O–H groups in total. The molecule has 4 aromatic rings. The average Bonchev–Trinajstić information content (AvgIpc) is 3.78. The molecule has 4 heteroatoms. The SMILES string of the molecule is CCCCCCCCOc1cc2c(cc1OCCCCCCCC)C(C1c3ccccc3-c3ccccc31)c1cc(OCCCCCCCC)c(OCCCCCCCC)cc1-2. The zero-order valence-electron chi connectivity index (χ0n) is 39.5. The number of ether oxygens (including phenoxy) is 4. The number of hydrogen-bond acceptors (Lipinski definition) is 4. The highest BCUT2D eigenvalue weighted by Gasteiger charge is 2.42. The topological polar surface area (TPSA) is 36.9 Å². The fourth-order valence-electron chi connectivity index (χ4n) is 9.92. The van der Waals surface area contributed by atoms with Gasteiger partial charge in [-0.05, 0) is 94.5 Å². The van der Waals surface area contributed by atoms with Crippen LogP contribution >= 0.6 is 0 Å². The Morgan fingerprint density at radius 3 is 0.903 bits per heavy atom. The van der Waals surface area contributed by atoms with Gasteiger partial charge in [0.25, 0.3) is 0 Å². The quantitative estimate of drug-likeness (QED) is 0.0448. The van der Waals surface area contributed by atoms with E-state index in [0.29, 0.717) is 26.4 Å². The maximum atomic E-state index is 6.80. The van der Waals surface area contributed by atoms with Gasteiger partial charge in [0.15, 0.2) is 23.0 Å². The van der Waals surface area contributed by atoms with Crippen LogP contribution in [0.4, 0.5) is 0 Å². The lowest BCUT2D eigenvalue weighted by Gasteiger charge is -2.25. The van der Waals surface area contributed by atoms with Crippen LogP contribution in [0.3, 0.4) is 0 Å². The van der Waals surface area contributed by atoms with Crippen LogP contribution in [-0.2, 0) is 0 Å². The van der Waals surface area contributed by atoms with E-state index >= 15 is 0 Å². The van der Waals surface area contributed by atoms with Gasteiger partial charge in [0.05, 0.1) is 26.4 Å². The van der Waals surface area contributed by atoms with Crippen LogP contribution in [0.5, 0.6) is 23.0 Å². The Bertz CT molecular complexity index is 1760. The summed E-state index contributed by atoms with van der Waals surface area (Å²) in [5, 5.41) is 0. The molecule has 0 unspecified atom stereocenters. The van der Waals surface area contributed by atoms with E-state index in [1.54, 1.807) is 0 Å². The Morgan fingerprint density at radius 2 is 0.565 bits per heavy atom. The monoisotopic (exact) mass is 843 g/mol. The van der Waals surface area contributed by atoms with Crippen LogP contribution in [0.25, 0.3) is 22.3 Å². The number of benzene rings is 4. The van der Waals surface area contributed by atoms with Gasteiger partial charge in [-0.2, -0.15) is 0 Å². The van der Waals surface area contributed by atoms with Crippen LogP contribution in [-0.4, -0.2) is 26.4 Å². The van der Waals surface area contributed by atoms with Crippen molar-refractivity contribution in [3.63, 3.8) is 0 Å². The van der Waals surface area contributed by atoms with Crippen LogP contribution < -0.4 is 18.9 Å². The molecule has 2 aliphatic rings. The molecule has 0 saturated carbocycles. The highest BCUT2D eigenvalue weighted by molar-refractivity contribution is 5.87. The number of fused-ring (bicyclic) bond motifs is 6. The highest BCUT2D eigenvalue weighted by atomic mass is 16.5. The summed E-state index contributed by atoms with van der Waals surface area (Å²) in [5.41, 5.74) is 10.6. The van der Waals surface area contributed by atoms with Crippen molar-refractivity contribution in [3.05, 3.63) is 95.1 Å². The lowest BCUT2D eigenvalue weighted by molar-refractivity contribution is 0.258. The molecule has 0 saturated heterocycles. The van der Waals surface area contributed by atoms with Crippen molar-refractivity contribution < 1.29 is 18.9 Å². The normalized spacial score (nSPS) is 12.9. The molecule has 4 nitrogen and oxygen atoms in total. The first kappa shape index (κ1) is 47.6. The summed E-state index contributed by atoms with van der Waals surface area (Å²) in [6, 6.07) is 27.5. The first-order valence-electron chi connectivity index (χ1n) is 25.8. The molecule has 0 amide bonds. The zero-order chi connectivity index (χ0) is 43.2. The largest absolute Gasteiger partial charge is 0.490 e. The molecule has 0 aromatic heterocycles. The Balaban J connectivity index is 1.38. The van der Waals surface area contributed by atoms with Gasteiger partial charge < -0.3 is 18.9 Å². The Morgan fingerprint density at radius 1 is 0.290 bits per heavy atom. The molecule has 2 aliphatic carbocycles. The van der Waals surface area contributed by atoms with Crippen molar-refractivity contribution >= 4 is 0 Å². The smallest absolute Gasteiger partial charge is 0.161 e. The second-order valence-electron chi connectivity index (χ2n) is 18.4. The Hall–Kier alpha value is -3.92.